The molecule has 0 atom stereocenters. The van der Waals surface area contributed by atoms with Gasteiger partial charge in [-0.15, -0.1) is 0 Å². The Morgan fingerprint density at radius 1 is 1.25 bits per heavy atom. The van der Waals surface area contributed by atoms with Crippen molar-refractivity contribution in [3.05, 3.63) is 47.1 Å². The molecule has 1 aromatic carbocycles. The molecular formula is C14H12ClF3N2O3S. The summed E-state index contributed by atoms with van der Waals surface area (Å²) in [5.41, 5.74) is -1.14. The number of pyridine rings is 1. The average molecular weight is 381 g/mol. The fraction of sp³-hybridized carbons (Fsp3) is 0.214. The first-order valence-corrected chi connectivity index (χ1v) is 8.48. The van der Waals surface area contributed by atoms with Crippen LogP contribution in [0.4, 0.5) is 18.9 Å². The van der Waals surface area contributed by atoms with E-state index in [0.29, 0.717) is 18.6 Å². The van der Waals surface area contributed by atoms with E-state index >= 15 is 0 Å². The second kappa shape index (κ2) is 6.86. The van der Waals surface area contributed by atoms with Gasteiger partial charge in [-0.1, -0.05) is 11.6 Å². The lowest BCUT2D eigenvalue weighted by Crippen LogP contribution is -2.15. The van der Waals surface area contributed by atoms with E-state index in [4.69, 9.17) is 16.3 Å². The summed E-state index contributed by atoms with van der Waals surface area (Å²) < 4.78 is 70.2. The number of halogens is 4. The lowest BCUT2D eigenvalue weighted by Gasteiger charge is -2.12. The number of benzene rings is 1. The topological polar surface area (TPSA) is 68.3 Å². The van der Waals surface area contributed by atoms with Gasteiger partial charge in [-0.3, -0.25) is 4.72 Å². The molecule has 1 aromatic heterocycles. The number of ether oxygens (including phenoxy) is 1. The number of alkyl halides is 3. The zero-order valence-corrected chi connectivity index (χ0v) is 13.8. The Morgan fingerprint density at radius 3 is 2.50 bits per heavy atom. The van der Waals surface area contributed by atoms with Crippen molar-refractivity contribution in [3.8, 4) is 5.88 Å². The number of hydrogen-bond donors (Lipinski definition) is 1. The molecule has 2 aromatic rings. The summed E-state index contributed by atoms with van der Waals surface area (Å²) in [5.74, 6) is 0.297. The molecular weight excluding hydrogens is 369 g/mol. The molecule has 0 bridgehead atoms. The minimum absolute atomic E-state index is 0.0851. The smallest absolute Gasteiger partial charge is 0.417 e. The van der Waals surface area contributed by atoms with Gasteiger partial charge >= 0.3 is 6.18 Å². The number of anilines is 1. The van der Waals surface area contributed by atoms with Crippen LogP contribution in [0.25, 0.3) is 0 Å². The van der Waals surface area contributed by atoms with E-state index in [1.807, 2.05) is 0 Å². The number of sulfonamides is 1. The molecule has 0 unspecified atom stereocenters. The highest BCUT2D eigenvalue weighted by molar-refractivity contribution is 7.92. The SMILES string of the molecule is CCOc1ccc(NS(=O)(=O)c2ccc(Cl)c(C(F)(F)F)c2)cn1. The van der Waals surface area contributed by atoms with Gasteiger partial charge in [0, 0.05) is 6.07 Å². The monoisotopic (exact) mass is 380 g/mol. The largest absolute Gasteiger partial charge is 0.478 e. The third-order valence-corrected chi connectivity index (χ3v) is 4.54. The lowest BCUT2D eigenvalue weighted by atomic mass is 10.2. The number of rotatable bonds is 5. The maximum atomic E-state index is 12.8. The maximum Gasteiger partial charge on any atom is 0.417 e. The maximum absolute atomic E-state index is 12.8. The molecule has 130 valence electrons. The summed E-state index contributed by atoms with van der Waals surface area (Å²) in [5, 5.41) is -0.579. The van der Waals surface area contributed by atoms with Crippen LogP contribution in [-0.4, -0.2) is 20.0 Å². The van der Waals surface area contributed by atoms with E-state index in [9.17, 15) is 21.6 Å². The standard InChI is InChI=1S/C14H12ClF3N2O3S/c1-2-23-13-6-3-9(8-19-13)20-24(21,22)10-4-5-12(15)11(7-10)14(16,17)18/h3-8,20H,2H2,1H3. The van der Waals surface area contributed by atoms with Gasteiger partial charge < -0.3 is 4.74 Å². The molecule has 0 radical (unpaired) electrons. The zero-order chi connectivity index (χ0) is 18.0. The summed E-state index contributed by atoms with van der Waals surface area (Å²) in [6.45, 7) is 2.15. The normalized spacial score (nSPS) is 12.0. The highest BCUT2D eigenvalue weighted by Gasteiger charge is 2.34. The summed E-state index contributed by atoms with van der Waals surface area (Å²) in [6.07, 6.45) is -3.56. The van der Waals surface area contributed by atoms with Crippen molar-refractivity contribution in [2.24, 2.45) is 0 Å². The molecule has 1 heterocycles. The molecule has 1 N–H and O–H groups in total. The number of nitrogens with zero attached hydrogens (tertiary/aromatic N) is 1. The van der Waals surface area contributed by atoms with Crippen molar-refractivity contribution in [1.82, 2.24) is 4.98 Å². The number of hydrogen-bond acceptors (Lipinski definition) is 4. The molecule has 0 saturated carbocycles. The molecule has 0 amide bonds. The van der Waals surface area contributed by atoms with Crippen LogP contribution < -0.4 is 9.46 Å². The Bertz CT molecular complexity index is 824. The molecule has 5 nitrogen and oxygen atoms in total. The van der Waals surface area contributed by atoms with E-state index in [2.05, 4.69) is 9.71 Å². The predicted molar refractivity (Wildman–Crippen MR) is 82.7 cm³/mol. The summed E-state index contributed by atoms with van der Waals surface area (Å²) in [6, 6.07) is 5.17. The quantitative estimate of drug-likeness (QED) is 0.852. The second-order valence-electron chi connectivity index (χ2n) is 4.56. The van der Waals surface area contributed by atoms with E-state index < -0.39 is 31.7 Å². The Labute approximate surface area is 141 Å². The summed E-state index contributed by atoms with van der Waals surface area (Å²) in [4.78, 5) is 3.30. The number of aromatic nitrogens is 1. The Kier molecular flexibility index (Phi) is 5.24. The van der Waals surface area contributed by atoms with Gasteiger partial charge in [0.25, 0.3) is 10.0 Å². The molecule has 10 heteroatoms. The van der Waals surface area contributed by atoms with E-state index in [0.717, 1.165) is 12.1 Å². The molecule has 0 fully saturated rings. The van der Waals surface area contributed by atoms with Crippen LogP contribution in [0.1, 0.15) is 12.5 Å². The fourth-order valence-electron chi connectivity index (χ4n) is 1.78. The molecule has 0 spiro atoms. The molecule has 2 rings (SSSR count). The minimum Gasteiger partial charge on any atom is -0.478 e. The zero-order valence-electron chi connectivity index (χ0n) is 12.3. The highest BCUT2D eigenvalue weighted by atomic mass is 35.5. The third-order valence-electron chi connectivity index (χ3n) is 2.83. The van der Waals surface area contributed by atoms with Crippen molar-refractivity contribution in [1.29, 1.82) is 0 Å². The minimum atomic E-state index is -4.76. The predicted octanol–water partition coefficient (Wildman–Crippen LogP) is 3.95. The van der Waals surface area contributed by atoms with Crippen molar-refractivity contribution < 1.29 is 26.3 Å². The molecule has 0 aliphatic rings. The summed E-state index contributed by atoms with van der Waals surface area (Å²) >= 11 is 5.48. The van der Waals surface area contributed by atoms with Crippen LogP contribution in [0, 0.1) is 0 Å². The first-order valence-electron chi connectivity index (χ1n) is 6.62. The van der Waals surface area contributed by atoms with E-state index in [1.54, 1.807) is 6.92 Å². The first kappa shape index (κ1) is 18.3. The summed E-state index contributed by atoms with van der Waals surface area (Å²) in [7, 11) is -4.23. The van der Waals surface area contributed by atoms with Crippen LogP contribution in [0.2, 0.25) is 5.02 Å². The lowest BCUT2D eigenvalue weighted by molar-refractivity contribution is -0.137. The first-order chi connectivity index (χ1) is 11.1. The van der Waals surface area contributed by atoms with Crippen LogP contribution >= 0.6 is 11.6 Å². The van der Waals surface area contributed by atoms with E-state index in [1.165, 1.54) is 18.3 Å². The molecule has 24 heavy (non-hydrogen) atoms. The number of nitrogens with one attached hydrogen (secondary N) is 1. The van der Waals surface area contributed by atoms with Crippen LogP contribution in [0.3, 0.4) is 0 Å². The van der Waals surface area contributed by atoms with Crippen molar-refractivity contribution in [2.75, 3.05) is 11.3 Å². The van der Waals surface area contributed by atoms with Gasteiger partial charge in [0.15, 0.2) is 0 Å². The van der Waals surface area contributed by atoms with E-state index in [-0.39, 0.29) is 5.69 Å². The fourth-order valence-corrected chi connectivity index (χ4v) is 3.07. The van der Waals surface area contributed by atoms with Gasteiger partial charge in [0.1, 0.15) is 0 Å². The Balaban J connectivity index is 2.30. The Hall–Kier alpha value is -2.00. The van der Waals surface area contributed by atoms with Crippen LogP contribution in [0.15, 0.2) is 41.4 Å². The molecule has 0 aliphatic heterocycles. The van der Waals surface area contributed by atoms with Gasteiger partial charge in [-0.2, -0.15) is 13.2 Å². The third kappa shape index (κ3) is 4.30. The van der Waals surface area contributed by atoms with Gasteiger partial charge in [0.2, 0.25) is 5.88 Å². The van der Waals surface area contributed by atoms with Crippen LogP contribution in [-0.2, 0) is 16.2 Å². The second-order valence-corrected chi connectivity index (χ2v) is 6.65. The highest BCUT2D eigenvalue weighted by Crippen LogP contribution is 2.36. The van der Waals surface area contributed by atoms with Crippen molar-refractivity contribution >= 4 is 27.3 Å². The van der Waals surface area contributed by atoms with Gasteiger partial charge in [0.05, 0.1) is 34.0 Å². The molecule has 0 aliphatic carbocycles. The average Bonchev–Trinajstić information content (AvgIpc) is 2.48. The van der Waals surface area contributed by atoms with Crippen molar-refractivity contribution in [2.45, 2.75) is 18.0 Å². The van der Waals surface area contributed by atoms with Gasteiger partial charge in [-0.25, -0.2) is 13.4 Å². The van der Waals surface area contributed by atoms with Gasteiger partial charge in [-0.05, 0) is 31.2 Å². The van der Waals surface area contributed by atoms with Crippen molar-refractivity contribution in [3.63, 3.8) is 0 Å². The molecule has 0 saturated heterocycles. The van der Waals surface area contributed by atoms with Crippen LogP contribution in [0.5, 0.6) is 5.88 Å². The Morgan fingerprint density at radius 2 is 1.96 bits per heavy atom.